The number of aliphatic hydroxyl groups excluding tert-OH is 13. The molecule has 4 saturated heterocycles. The number of carbonyl (C=O) groups excluding carboxylic acids is 2. The first-order valence-corrected chi connectivity index (χ1v) is 29.8. The Labute approximate surface area is 478 Å². The van der Waals surface area contributed by atoms with Crippen LogP contribution in [0, 0.1) is 50.2 Å². The molecule has 24 heteroatoms. The summed E-state index contributed by atoms with van der Waals surface area (Å²) in [5.74, 6) is -1.63. The Morgan fingerprint density at radius 1 is 0.573 bits per heavy atom. The van der Waals surface area contributed by atoms with Crippen molar-refractivity contribution in [3.63, 3.8) is 0 Å². The molecule has 4 saturated carbocycles. The van der Waals surface area contributed by atoms with E-state index in [4.69, 9.17) is 42.6 Å². The van der Waals surface area contributed by atoms with Crippen molar-refractivity contribution in [2.75, 3.05) is 26.4 Å². The number of hydrogen-bond acceptors (Lipinski definition) is 24. The number of esters is 2. The molecule has 5 aliphatic carbocycles. The van der Waals surface area contributed by atoms with Crippen LogP contribution in [0.4, 0.5) is 0 Å². The average Bonchev–Trinajstić information content (AvgIpc) is 1.19. The molecule has 24 nitrogen and oxygen atoms in total. The van der Waals surface area contributed by atoms with Gasteiger partial charge in [0.1, 0.15) is 91.6 Å². The van der Waals surface area contributed by atoms with Gasteiger partial charge in [-0.3, -0.25) is 4.79 Å². The van der Waals surface area contributed by atoms with Crippen LogP contribution < -0.4 is 0 Å². The highest BCUT2D eigenvalue weighted by atomic mass is 16.8. The summed E-state index contributed by atoms with van der Waals surface area (Å²) in [5, 5.41) is 140. The second-order valence-corrected chi connectivity index (χ2v) is 27.5. The molecule has 4 heterocycles. The van der Waals surface area contributed by atoms with E-state index in [1.165, 1.54) is 5.57 Å². The fourth-order valence-electron chi connectivity index (χ4n) is 16.9. The monoisotopic (exact) mass is 1170 g/mol. The van der Waals surface area contributed by atoms with E-state index in [9.17, 15) is 76.0 Å². The third kappa shape index (κ3) is 10.9. The van der Waals surface area contributed by atoms with Gasteiger partial charge in [-0.2, -0.15) is 0 Å². The van der Waals surface area contributed by atoms with Crippen LogP contribution in [0.1, 0.15) is 132 Å². The summed E-state index contributed by atoms with van der Waals surface area (Å²) in [7, 11) is 0. The highest BCUT2D eigenvalue weighted by Gasteiger charge is 2.70. The predicted molar refractivity (Wildman–Crippen MR) is 282 cm³/mol. The number of ether oxygens (including phenoxy) is 9. The van der Waals surface area contributed by atoms with Gasteiger partial charge in [-0.05, 0) is 115 Å². The fraction of sp³-hybridized carbons (Fsp3) is 0.931. The molecule has 0 aromatic heterocycles. The van der Waals surface area contributed by atoms with Crippen molar-refractivity contribution in [2.45, 2.75) is 261 Å². The molecule has 28 atom stereocenters. The molecule has 82 heavy (non-hydrogen) atoms. The van der Waals surface area contributed by atoms with Crippen molar-refractivity contribution >= 4 is 11.9 Å². The molecule has 0 aromatic carbocycles. The van der Waals surface area contributed by atoms with Gasteiger partial charge in [0.05, 0.1) is 37.9 Å². The number of unbranched alkanes of at least 4 members (excludes halogenated alkanes) is 1. The Balaban J connectivity index is 1.02. The maximum atomic E-state index is 14.9. The maximum absolute atomic E-state index is 14.9. The van der Waals surface area contributed by atoms with Gasteiger partial charge in [-0.25, -0.2) is 4.79 Å². The minimum atomic E-state index is -2.03. The first-order valence-electron chi connectivity index (χ1n) is 29.8. The van der Waals surface area contributed by atoms with Crippen molar-refractivity contribution in [3.8, 4) is 0 Å². The number of rotatable bonds is 15. The third-order valence-corrected chi connectivity index (χ3v) is 22.1. The molecule has 0 radical (unpaired) electrons. The lowest BCUT2D eigenvalue weighted by molar-refractivity contribution is -0.396. The van der Waals surface area contributed by atoms with E-state index in [-0.39, 0.29) is 46.0 Å². The minimum Gasteiger partial charge on any atom is -0.464 e. The molecule has 4 aliphatic heterocycles. The largest absolute Gasteiger partial charge is 0.464 e. The zero-order valence-corrected chi connectivity index (χ0v) is 48.6. The zero-order chi connectivity index (χ0) is 60.0. The quantitative estimate of drug-likeness (QED) is 0.0418. The SMILES string of the molecule is CCCCOC(=O)C1OC(OC2CCC3(C)C(CCC4(C)C3CC=C3C5CC(C)(C)CCC5(C(=O)OC5OC(CO)C(O)C(O)C5O)CCC34C)C2(C)C)C(OC2OC(CO)C(O)C(O)C2O)C(OC2OC(CO)C(O)C(O)C2O)C1O. The number of carbonyl (C=O) groups is 2. The van der Waals surface area contributed by atoms with Gasteiger partial charge in [-0.15, -0.1) is 0 Å². The predicted octanol–water partition coefficient (Wildman–Crippen LogP) is -0.684. The Kier molecular flexibility index (Phi) is 18.9. The number of fused-ring (bicyclic) bond motifs is 7. The molecular weight excluding hydrogens is 1080 g/mol. The van der Waals surface area contributed by atoms with E-state index < -0.39 is 172 Å². The van der Waals surface area contributed by atoms with Crippen molar-refractivity contribution in [2.24, 2.45) is 50.2 Å². The van der Waals surface area contributed by atoms with Gasteiger partial charge >= 0.3 is 11.9 Å². The average molecular weight is 1180 g/mol. The van der Waals surface area contributed by atoms with Crippen LogP contribution in [0.5, 0.6) is 0 Å². The Morgan fingerprint density at radius 2 is 1.11 bits per heavy atom. The van der Waals surface area contributed by atoms with Crippen LogP contribution in [-0.4, -0.2) is 234 Å². The van der Waals surface area contributed by atoms with Crippen molar-refractivity contribution in [1.29, 1.82) is 0 Å². The summed E-state index contributed by atoms with van der Waals surface area (Å²) >= 11 is 0. The lowest BCUT2D eigenvalue weighted by atomic mass is 9.33. The lowest BCUT2D eigenvalue weighted by Crippen LogP contribution is -2.69. The van der Waals surface area contributed by atoms with Crippen molar-refractivity contribution < 1.29 is 119 Å². The summed E-state index contributed by atoms with van der Waals surface area (Å²) in [5.41, 5.74) is -1.49. The molecule has 470 valence electrons. The van der Waals surface area contributed by atoms with Crippen LogP contribution in [0.25, 0.3) is 0 Å². The Morgan fingerprint density at radius 3 is 1.67 bits per heavy atom. The lowest BCUT2D eigenvalue weighted by Gasteiger charge is -2.71. The number of aliphatic hydroxyl groups is 13. The van der Waals surface area contributed by atoms with Gasteiger partial charge < -0.3 is 109 Å². The van der Waals surface area contributed by atoms with E-state index in [1.54, 1.807) is 0 Å². The second kappa shape index (κ2) is 24.1. The molecule has 9 rings (SSSR count). The number of allylic oxidation sites excluding steroid dienone is 2. The van der Waals surface area contributed by atoms with Crippen molar-refractivity contribution in [1.82, 2.24) is 0 Å². The van der Waals surface area contributed by atoms with E-state index in [1.807, 2.05) is 6.92 Å². The molecule has 0 aromatic rings. The first-order chi connectivity index (χ1) is 38.5. The van der Waals surface area contributed by atoms with E-state index in [0.717, 1.165) is 19.3 Å². The van der Waals surface area contributed by atoms with Gasteiger partial charge in [0.25, 0.3) is 0 Å². The summed E-state index contributed by atoms with van der Waals surface area (Å²) < 4.78 is 54.9. The third-order valence-electron chi connectivity index (χ3n) is 22.1. The molecule has 13 N–H and O–H groups in total. The Hall–Kier alpha value is -2.12. The van der Waals surface area contributed by atoms with Gasteiger partial charge in [0.2, 0.25) is 6.29 Å². The topological polar surface area (TPSA) is 380 Å². The van der Waals surface area contributed by atoms with E-state index >= 15 is 0 Å². The summed E-state index contributed by atoms with van der Waals surface area (Å²) in [6.07, 6.45) is -25.9. The highest BCUT2D eigenvalue weighted by Crippen LogP contribution is 2.76. The molecule has 0 spiro atoms. The summed E-state index contributed by atoms with van der Waals surface area (Å²) in [6, 6.07) is 0. The standard InChI is InChI=1S/C58H94O24/c1-9-10-21-74-47(72)45-43(71)44(79-48-40(68)37(65)34(62)28(23-59)75-48)46(81-49-41(69)38(66)35(63)29(24-60)76-49)51(80-45)78-33-14-15-55(6)31(54(33,4)5)13-16-57(8)32(55)12-11-26-27-22-53(2,3)17-19-58(27,20-18-56(26,57)7)52(73)82-50-42(70)39(67)36(64)30(25-61)77-50/h11,27-46,48-51,59-71H,9-10,12-25H2,1-8H3. The summed E-state index contributed by atoms with van der Waals surface area (Å²) in [4.78, 5) is 28.9. The maximum Gasteiger partial charge on any atom is 0.338 e. The van der Waals surface area contributed by atoms with Gasteiger partial charge in [0, 0.05) is 0 Å². The molecule has 8 fully saturated rings. The molecule has 28 unspecified atom stereocenters. The molecule has 0 bridgehead atoms. The smallest absolute Gasteiger partial charge is 0.338 e. The van der Waals surface area contributed by atoms with E-state index in [2.05, 4.69) is 54.5 Å². The summed E-state index contributed by atoms with van der Waals surface area (Å²) in [6.45, 7) is 15.3. The van der Waals surface area contributed by atoms with Crippen LogP contribution in [0.2, 0.25) is 0 Å². The van der Waals surface area contributed by atoms with Crippen molar-refractivity contribution in [3.05, 3.63) is 11.6 Å². The Bertz CT molecular complexity index is 2260. The fourth-order valence-corrected chi connectivity index (χ4v) is 16.9. The second-order valence-electron chi connectivity index (χ2n) is 27.5. The molecular formula is C58H94O24. The molecule has 0 amide bonds. The van der Waals surface area contributed by atoms with Crippen LogP contribution in [-0.2, 0) is 52.2 Å². The van der Waals surface area contributed by atoms with Crippen LogP contribution >= 0.6 is 0 Å². The normalized spacial score (nSPS) is 50.8. The van der Waals surface area contributed by atoms with Crippen LogP contribution in [0.15, 0.2) is 11.6 Å². The first kappa shape index (κ1) is 64.4. The van der Waals surface area contributed by atoms with Gasteiger partial charge in [0.15, 0.2) is 25.0 Å². The van der Waals surface area contributed by atoms with E-state index in [0.29, 0.717) is 57.8 Å². The highest BCUT2D eigenvalue weighted by molar-refractivity contribution is 5.79. The zero-order valence-electron chi connectivity index (χ0n) is 48.6. The number of hydrogen-bond donors (Lipinski definition) is 13. The van der Waals surface area contributed by atoms with Crippen LogP contribution in [0.3, 0.4) is 0 Å². The van der Waals surface area contributed by atoms with Gasteiger partial charge in [-0.1, -0.05) is 73.5 Å². The molecule has 9 aliphatic rings. The minimum absolute atomic E-state index is 0.00449.